The van der Waals surface area contributed by atoms with Crippen LogP contribution >= 0.6 is 17.0 Å². The van der Waals surface area contributed by atoms with E-state index in [1.165, 1.54) is 45.2 Å². The summed E-state index contributed by atoms with van der Waals surface area (Å²) < 4.78 is 0. The first-order chi connectivity index (χ1) is 4.93. The summed E-state index contributed by atoms with van der Waals surface area (Å²) >= 11 is 0. The van der Waals surface area contributed by atoms with Gasteiger partial charge < -0.3 is 5.32 Å². The van der Waals surface area contributed by atoms with Gasteiger partial charge in [0.1, 0.15) is 0 Å². The lowest BCUT2D eigenvalue weighted by Gasteiger charge is -2.05. The van der Waals surface area contributed by atoms with Crippen molar-refractivity contribution in [1.29, 1.82) is 0 Å². The minimum Gasteiger partial charge on any atom is -0.316 e. The van der Waals surface area contributed by atoms with E-state index in [1.807, 2.05) is 0 Å². The molecule has 1 unspecified atom stereocenters. The molecule has 0 aromatic carbocycles. The van der Waals surface area contributed by atoms with Gasteiger partial charge in [0, 0.05) is 0 Å². The molecule has 11 heavy (non-hydrogen) atoms. The third-order valence-corrected chi connectivity index (χ3v) is 2.38. The number of halogens is 1. The minimum absolute atomic E-state index is 0. The summed E-state index contributed by atoms with van der Waals surface area (Å²) in [6.45, 7) is 4.81. The molecule has 0 aliphatic carbocycles. The van der Waals surface area contributed by atoms with Crippen molar-refractivity contribution < 1.29 is 0 Å². The van der Waals surface area contributed by atoms with Crippen LogP contribution in [0.1, 0.15) is 39.0 Å². The number of rotatable bonds is 4. The van der Waals surface area contributed by atoms with Crippen molar-refractivity contribution in [3.63, 3.8) is 0 Å². The van der Waals surface area contributed by atoms with Crippen molar-refractivity contribution in [2.24, 2.45) is 5.92 Å². The summed E-state index contributed by atoms with van der Waals surface area (Å²) in [4.78, 5) is 0. The first-order valence-corrected chi connectivity index (χ1v) is 4.64. The van der Waals surface area contributed by atoms with Crippen molar-refractivity contribution in [1.82, 2.24) is 5.32 Å². The van der Waals surface area contributed by atoms with Crippen molar-refractivity contribution in [3.8, 4) is 0 Å². The maximum absolute atomic E-state index is 3.40. The summed E-state index contributed by atoms with van der Waals surface area (Å²) in [6, 6.07) is 0. The SMILES string of the molecule is Br.CCCCCC1CCNC1. The Hall–Kier alpha value is 0.440. The van der Waals surface area contributed by atoms with Crippen molar-refractivity contribution in [2.45, 2.75) is 39.0 Å². The topological polar surface area (TPSA) is 12.0 Å². The van der Waals surface area contributed by atoms with E-state index in [2.05, 4.69) is 12.2 Å². The Kier molecular flexibility index (Phi) is 7.39. The zero-order chi connectivity index (χ0) is 7.23. The molecule has 1 saturated heterocycles. The van der Waals surface area contributed by atoms with Crippen LogP contribution in [0, 0.1) is 5.92 Å². The third kappa shape index (κ3) is 4.81. The molecule has 2 heteroatoms. The molecular weight excluding hydrogens is 202 g/mol. The molecule has 68 valence electrons. The van der Waals surface area contributed by atoms with Gasteiger partial charge in [-0.25, -0.2) is 0 Å². The van der Waals surface area contributed by atoms with Gasteiger partial charge in [0.25, 0.3) is 0 Å². The van der Waals surface area contributed by atoms with Gasteiger partial charge in [-0.1, -0.05) is 26.2 Å². The maximum atomic E-state index is 3.40. The minimum atomic E-state index is 0. The molecule has 1 aliphatic heterocycles. The van der Waals surface area contributed by atoms with E-state index in [0.29, 0.717) is 0 Å². The van der Waals surface area contributed by atoms with E-state index in [1.54, 1.807) is 0 Å². The van der Waals surface area contributed by atoms with Gasteiger partial charge in [-0.2, -0.15) is 0 Å². The molecule has 1 rings (SSSR count). The molecule has 1 atom stereocenters. The van der Waals surface area contributed by atoms with E-state index < -0.39 is 0 Å². The zero-order valence-corrected chi connectivity index (χ0v) is 9.15. The van der Waals surface area contributed by atoms with Crippen LogP contribution in [0.3, 0.4) is 0 Å². The van der Waals surface area contributed by atoms with Gasteiger partial charge >= 0.3 is 0 Å². The zero-order valence-electron chi connectivity index (χ0n) is 7.44. The van der Waals surface area contributed by atoms with Crippen LogP contribution in [0.15, 0.2) is 0 Å². The summed E-state index contributed by atoms with van der Waals surface area (Å²) in [6.07, 6.45) is 7.12. The molecule has 1 fully saturated rings. The standard InChI is InChI=1S/C9H19N.BrH/c1-2-3-4-5-9-6-7-10-8-9;/h9-10H,2-8H2,1H3;1H. The van der Waals surface area contributed by atoms with Crippen molar-refractivity contribution in [2.75, 3.05) is 13.1 Å². The van der Waals surface area contributed by atoms with E-state index in [9.17, 15) is 0 Å². The number of unbranched alkanes of at least 4 members (excludes halogenated alkanes) is 2. The summed E-state index contributed by atoms with van der Waals surface area (Å²) in [5.41, 5.74) is 0. The quantitative estimate of drug-likeness (QED) is 0.721. The fourth-order valence-electron chi connectivity index (χ4n) is 1.64. The molecule has 1 heterocycles. The molecular formula is C9H20BrN. The predicted octanol–water partition coefficient (Wildman–Crippen LogP) is 2.75. The molecule has 0 amide bonds. The molecule has 1 nitrogen and oxygen atoms in total. The number of hydrogen-bond acceptors (Lipinski definition) is 1. The lowest BCUT2D eigenvalue weighted by atomic mass is 10.0. The molecule has 0 saturated carbocycles. The van der Waals surface area contributed by atoms with Crippen LogP contribution in [0.25, 0.3) is 0 Å². The molecule has 0 aromatic rings. The second-order valence-corrected chi connectivity index (χ2v) is 3.35. The maximum Gasteiger partial charge on any atom is -0.00200 e. The number of nitrogens with one attached hydrogen (secondary N) is 1. The lowest BCUT2D eigenvalue weighted by molar-refractivity contribution is 0.495. The molecule has 0 spiro atoms. The Labute approximate surface area is 80.7 Å². The van der Waals surface area contributed by atoms with Gasteiger partial charge in [-0.05, 0) is 31.8 Å². The highest BCUT2D eigenvalue weighted by Gasteiger charge is 2.12. The molecule has 0 aromatic heterocycles. The summed E-state index contributed by atoms with van der Waals surface area (Å²) in [5.74, 6) is 1.01. The molecule has 1 N–H and O–H groups in total. The van der Waals surface area contributed by atoms with Gasteiger partial charge in [0.2, 0.25) is 0 Å². The predicted molar refractivity (Wildman–Crippen MR) is 55.4 cm³/mol. The average Bonchev–Trinajstić information content (AvgIpc) is 2.41. The molecule has 1 aliphatic rings. The average molecular weight is 222 g/mol. The first-order valence-electron chi connectivity index (χ1n) is 4.64. The van der Waals surface area contributed by atoms with Crippen LogP contribution in [0.5, 0.6) is 0 Å². The van der Waals surface area contributed by atoms with Gasteiger partial charge in [-0.15, -0.1) is 17.0 Å². The third-order valence-electron chi connectivity index (χ3n) is 2.38. The molecule has 0 radical (unpaired) electrons. The van der Waals surface area contributed by atoms with Crippen LogP contribution in [0.2, 0.25) is 0 Å². The fourth-order valence-corrected chi connectivity index (χ4v) is 1.64. The molecule has 0 bridgehead atoms. The van der Waals surface area contributed by atoms with E-state index in [-0.39, 0.29) is 17.0 Å². The Bertz CT molecular complexity index is 79.6. The van der Waals surface area contributed by atoms with Crippen LogP contribution < -0.4 is 5.32 Å². The smallest absolute Gasteiger partial charge is 0.00200 e. The highest BCUT2D eigenvalue weighted by molar-refractivity contribution is 8.93. The number of hydrogen-bond donors (Lipinski definition) is 1. The fraction of sp³-hybridized carbons (Fsp3) is 1.00. The van der Waals surface area contributed by atoms with E-state index in [4.69, 9.17) is 0 Å². The van der Waals surface area contributed by atoms with Gasteiger partial charge in [-0.3, -0.25) is 0 Å². The van der Waals surface area contributed by atoms with Crippen LogP contribution in [-0.2, 0) is 0 Å². The summed E-state index contributed by atoms with van der Waals surface area (Å²) in [5, 5.41) is 3.40. The largest absolute Gasteiger partial charge is 0.316 e. The monoisotopic (exact) mass is 221 g/mol. The van der Waals surface area contributed by atoms with Gasteiger partial charge in [0.05, 0.1) is 0 Å². The second kappa shape index (κ2) is 7.11. The Morgan fingerprint density at radius 2 is 2.18 bits per heavy atom. The van der Waals surface area contributed by atoms with Crippen LogP contribution in [0.4, 0.5) is 0 Å². The second-order valence-electron chi connectivity index (χ2n) is 3.35. The summed E-state index contributed by atoms with van der Waals surface area (Å²) in [7, 11) is 0. The highest BCUT2D eigenvalue weighted by Crippen LogP contribution is 2.15. The van der Waals surface area contributed by atoms with Crippen molar-refractivity contribution >= 4 is 17.0 Å². The first kappa shape index (κ1) is 11.4. The van der Waals surface area contributed by atoms with E-state index in [0.717, 1.165) is 5.92 Å². The van der Waals surface area contributed by atoms with Gasteiger partial charge in [0.15, 0.2) is 0 Å². The van der Waals surface area contributed by atoms with E-state index >= 15 is 0 Å². The van der Waals surface area contributed by atoms with Crippen LogP contribution in [-0.4, -0.2) is 13.1 Å². The van der Waals surface area contributed by atoms with Crippen molar-refractivity contribution in [3.05, 3.63) is 0 Å². The Morgan fingerprint density at radius 1 is 1.36 bits per heavy atom. The Morgan fingerprint density at radius 3 is 2.73 bits per heavy atom. The Balaban J connectivity index is 0.000001000. The normalized spacial score (nSPS) is 23.2. The lowest BCUT2D eigenvalue weighted by Crippen LogP contribution is -2.08. The highest BCUT2D eigenvalue weighted by atomic mass is 79.9.